The van der Waals surface area contributed by atoms with Gasteiger partial charge in [-0.15, -0.1) is 0 Å². The minimum Gasteiger partial charge on any atom is -0.394 e. The molecule has 7 unspecified atom stereocenters. The summed E-state index contributed by atoms with van der Waals surface area (Å²) in [5.41, 5.74) is 0. The summed E-state index contributed by atoms with van der Waals surface area (Å²) < 4.78 is 11.3. The first-order valence-electron chi connectivity index (χ1n) is 25.9. The maximum Gasteiger partial charge on any atom is 0.220 e. The van der Waals surface area contributed by atoms with Crippen LogP contribution in [0.3, 0.4) is 0 Å². The van der Waals surface area contributed by atoms with E-state index in [0.717, 1.165) is 51.4 Å². The van der Waals surface area contributed by atoms with Crippen LogP contribution in [0.5, 0.6) is 0 Å². The van der Waals surface area contributed by atoms with Crippen LogP contribution < -0.4 is 5.32 Å². The average Bonchev–Trinajstić information content (AvgIpc) is 3.25. The number of rotatable bonds is 44. The van der Waals surface area contributed by atoms with Crippen LogP contribution in [0.15, 0.2) is 12.2 Å². The Bertz CT molecular complexity index is 950. The fraction of sp³-hybridized carbons (Fsp3) is 0.941. The van der Waals surface area contributed by atoms with Gasteiger partial charge < -0.3 is 40.3 Å². The van der Waals surface area contributed by atoms with E-state index in [-0.39, 0.29) is 12.5 Å². The van der Waals surface area contributed by atoms with Gasteiger partial charge in [0, 0.05) is 6.42 Å². The predicted molar refractivity (Wildman–Crippen MR) is 249 cm³/mol. The third-order valence-electron chi connectivity index (χ3n) is 12.6. The molecule has 1 aliphatic rings. The molecule has 1 heterocycles. The first kappa shape index (κ1) is 56.9. The van der Waals surface area contributed by atoms with Crippen LogP contribution in [0.25, 0.3) is 0 Å². The summed E-state index contributed by atoms with van der Waals surface area (Å²) in [5, 5.41) is 54.4. The van der Waals surface area contributed by atoms with Crippen molar-refractivity contribution in [3.63, 3.8) is 0 Å². The molecule has 0 aromatic carbocycles. The number of ether oxygens (including phenoxy) is 2. The van der Waals surface area contributed by atoms with E-state index in [0.29, 0.717) is 12.8 Å². The first-order chi connectivity index (χ1) is 29.3. The lowest BCUT2D eigenvalue weighted by Gasteiger charge is -2.40. The van der Waals surface area contributed by atoms with Crippen molar-refractivity contribution in [2.45, 2.75) is 294 Å². The van der Waals surface area contributed by atoms with Crippen LogP contribution in [-0.2, 0) is 14.3 Å². The van der Waals surface area contributed by atoms with E-state index in [2.05, 4.69) is 31.3 Å². The molecule has 0 aromatic heterocycles. The zero-order chi connectivity index (χ0) is 43.7. The molecule has 9 heteroatoms. The minimum absolute atomic E-state index is 0.138. The number of allylic oxidation sites excluding steroid dienone is 2. The van der Waals surface area contributed by atoms with Gasteiger partial charge in [-0.3, -0.25) is 4.79 Å². The Morgan fingerprint density at radius 2 is 0.933 bits per heavy atom. The van der Waals surface area contributed by atoms with E-state index in [1.165, 1.54) is 173 Å². The fourth-order valence-corrected chi connectivity index (χ4v) is 8.45. The summed E-state index contributed by atoms with van der Waals surface area (Å²) in [5.74, 6) is -0.152. The summed E-state index contributed by atoms with van der Waals surface area (Å²) in [6, 6.07) is -0.719. The van der Waals surface area contributed by atoms with Gasteiger partial charge in [0.25, 0.3) is 0 Å². The van der Waals surface area contributed by atoms with Crippen LogP contribution in [0.4, 0.5) is 0 Å². The summed E-state index contributed by atoms with van der Waals surface area (Å²) in [6.45, 7) is 3.82. The molecule has 60 heavy (non-hydrogen) atoms. The molecule has 356 valence electrons. The van der Waals surface area contributed by atoms with Crippen LogP contribution in [-0.4, -0.2) is 87.5 Å². The third-order valence-corrected chi connectivity index (χ3v) is 12.6. The van der Waals surface area contributed by atoms with Gasteiger partial charge in [0.15, 0.2) is 6.29 Å². The minimum atomic E-state index is -1.55. The van der Waals surface area contributed by atoms with Crippen molar-refractivity contribution in [1.29, 1.82) is 0 Å². The Hall–Kier alpha value is -1.07. The summed E-state index contributed by atoms with van der Waals surface area (Å²) >= 11 is 0. The van der Waals surface area contributed by atoms with Crippen molar-refractivity contribution < 1.29 is 39.8 Å². The molecule has 6 N–H and O–H groups in total. The van der Waals surface area contributed by atoms with Gasteiger partial charge in [0.2, 0.25) is 5.91 Å². The highest BCUT2D eigenvalue weighted by Crippen LogP contribution is 2.23. The van der Waals surface area contributed by atoms with E-state index in [9.17, 15) is 30.3 Å². The quantitative estimate of drug-likeness (QED) is 0.0262. The highest BCUT2D eigenvalue weighted by atomic mass is 16.7. The molecule has 0 spiro atoms. The van der Waals surface area contributed by atoms with Crippen molar-refractivity contribution in [2.75, 3.05) is 13.2 Å². The zero-order valence-electron chi connectivity index (χ0n) is 39.2. The molecule has 0 radical (unpaired) electrons. The van der Waals surface area contributed by atoms with Crippen LogP contribution in [0, 0.1) is 0 Å². The van der Waals surface area contributed by atoms with Gasteiger partial charge in [-0.25, -0.2) is 0 Å². The number of aliphatic hydroxyl groups excluding tert-OH is 5. The molecule has 1 rings (SSSR count). The SMILES string of the molecule is CCCCC/C=C\CCCCCCCC(=O)NC(COC1OC(CO)C(O)C(O)C1O)C(O)CCCCCCCCCCCCCCCCCCCCCCCCCCC. The second-order valence-electron chi connectivity index (χ2n) is 18.3. The molecule has 9 nitrogen and oxygen atoms in total. The van der Waals surface area contributed by atoms with E-state index in [1.54, 1.807) is 0 Å². The Kier molecular flexibility index (Phi) is 39.8. The molecular weight excluding hydrogens is 755 g/mol. The van der Waals surface area contributed by atoms with Crippen molar-refractivity contribution in [1.82, 2.24) is 5.32 Å². The predicted octanol–water partition coefficient (Wildman–Crippen LogP) is 11.7. The maximum absolute atomic E-state index is 13.0. The van der Waals surface area contributed by atoms with Crippen molar-refractivity contribution in [3.8, 4) is 0 Å². The zero-order valence-corrected chi connectivity index (χ0v) is 39.2. The number of carbonyl (C=O) groups is 1. The summed E-state index contributed by atoms with van der Waals surface area (Å²) in [6.07, 6.45) is 42.4. The molecule has 0 saturated carbocycles. The van der Waals surface area contributed by atoms with Gasteiger partial charge in [-0.2, -0.15) is 0 Å². The van der Waals surface area contributed by atoms with E-state index < -0.39 is 49.5 Å². The van der Waals surface area contributed by atoms with Crippen molar-refractivity contribution in [3.05, 3.63) is 12.2 Å². The molecule has 1 amide bonds. The molecular formula is C51H99NO8. The topological polar surface area (TPSA) is 149 Å². The molecule has 0 aromatic rings. The van der Waals surface area contributed by atoms with Crippen molar-refractivity contribution >= 4 is 5.91 Å². The van der Waals surface area contributed by atoms with E-state index in [4.69, 9.17) is 9.47 Å². The number of nitrogens with one attached hydrogen (secondary N) is 1. The van der Waals surface area contributed by atoms with E-state index in [1.807, 2.05) is 0 Å². The largest absolute Gasteiger partial charge is 0.394 e. The second-order valence-corrected chi connectivity index (χ2v) is 18.3. The van der Waals surface area contributed by atoms with Gasteiger partial charge >= 0.3 is 0 Å². The molecule has 7 atom stereocenters. The van der Waals surface area contributed by atoms with Gasteiger partial charge in [0.1, 0.15) is 24.4 Å². The highest BCUT2D eigenvalue weighted by molar-refractivity contribution is 5.76. The monoisotopic (exact) mass is 854 g/mol. The molecule has 1 fully saturated rings. The number of unbranched alkanes of at least 4 members (excludes halogenated alkanes) is 32. The van der Waals surface area contributed by atoms with Gasteiger partial charge in [-0.1, -0.05) is 219 Å². The average molecular weight is 854 g/mol. The summed E-state index contributed by atoms with van der Waals surface area (Å²) in [7, 11) is 0. The molecule has 0 aliphatic carbocycles. The van der Waals surface area contributed by atoms with Gasteiger partial charge in [0.05, 0.1) is 25.4 Å². The van der Waals surface area contributed by atoms with Crippen LogP contribution in [0.2, 0.25) is 0 Å². The number of aliphatic hydroxyl groups is 5. The Labute approximate surface area is 369 Å². The normalized spacial score (nSPS) is 20.6. The Balaban J connectivity index is 2.20. The van der Waals surface area contributed by atoms with E-state index >= 15 is 0 Å². The maximum atomic E-state index is 13.0. The molecule has 0 bridgehead atoms. The Morgan fingerprint density at radius 3 is 1.38 bits per heavy atom. The first-order valence-corrected chi connectivity index (χ1v) is 25.9. The van der Waals surface area contributed by atoms with Crippen LogP contribution >= 0.6 is 0 Å². The lowest BCUT2D eigenvalue weighted by molar-refractivity contribution is -0.302. The summed E-state index contributed by atoms with van der Waals surface area (Å²) in [4.78, 5) is 13.0. The van der Waals surface area contributed by atoms with Gasteiger partial charge in [-0.05, 0) is 38.5 Å². The Morgan fingerprint density at radius 1 is 0.550 bits per heavy atom. The number of hydrogen-bond acceptors (Lipinski definition) is 8. The second kappa shape index (κ2) is 41.9. The van der Waals surface area contributed by atoms with Crippen molar-refractivity contribution in [2.24, 2.45) is 0 Å². The highest BCUT2D eigenvalue weighted by Gasteiger charge is 2.44. The number of hydrogen-bond donors (Lipinski definition) is 6. The number of amides is 1. The number of carbonyl (C=O) groups excluding carboxylic acids is 1. The lowest BCUT2D eigenvalue weighted by Crippen LogP contribution is -2.60. The molecule has 1 saturated heterocycles. The lowest BCUT2D eigenvalue weighted by atomic mass is 9.99. The smallest absolute Gasteiger partial charge is 0.220 e. The van der Waals surface area contributed by atoms with Crippen LogP contribution in [0.1, 0.15) is 251 Å². The standard InChI is InChI=1S/C51H99NO8/c1-3-5-7-9-11-13-15-17-18-19-20-21-22-23-24-25-26-27-28-29-30-32-34-36-38-40-45(54)44(43-59-51-50(58)49(57)48(56)46(42-53)60-51)52-47(55)41-39-37-35-33-31-16-14-12-10-8-6-4-2/h12,14,44-46,48-51,53-54,56-58H,3-11,13,15-43H2,1-2H3,(H,52,55)/b14-12-. The molecule has 1 aliphatic heterocycles. The fourth-order valence-electron chi connectivity index (χ4n) is 8.45. The third kappa shape index (κ3) is 31.7.